The van der Waals surface area contributed by atoms with E-state index in [9.17, 15) is 5.11 Å². The van der Waals surface area contributed by atoms with Gasteiger partial charge in [-0.25, -0.2) is 0 Å². The molecule has 5 nitrogen and oxygen atoms in total. The summed E-state index contributed by atoms with van der Waals surface area (Å²) in [6.45, 7) is 7.57. The Kier molecular flexibility index (Phi) is 5.80. The fraction of sp³-hybridized carbons (Fsp3) is 0.769. The Morgan fingerprint density at radius 1 is 1.47 bits per heavy atom. The van der Waals surface area contributed by atoms with Gasteiger partial charge in [0.05, 0.1) is 35.7 Å². The van der Waals surface area contributed by atoms with Crippen LogP contribution >= 0.6 is 11.6 Å². The first-order chi connectivity index (χ1) is 8.70. The highest BCUT2D eigenvalue weighted by atomic mass is 35.5. The van der Waals surface area contributed by atoms with Crippen LogP contribution in [0.4, 0.5) is 0 Å². The molecule has 1 N–H and O–H groups in total. The molecule has 0 aliphatic rings. The minimum absolute atomic E-state index is 0.205. The molecule has 1 atom stereocenters. The summed E-state index contributed by atoms with van der Waals surface area (Å²) in [6, 6.07) is 0. The maximum Gasteiger partial charge on any atom is 0.120 e. The molecule has 0 fully saturated rings. The average molecular weight is 290 g/mol. The number of hydrogen-bond acceptors (Lipinski definition) is 4. The molecule has 1 aromatic heterocycles. The standard InChI is InChI=1S/C13H24ClN3O2/c1-13(2,3)19-9-11(18)12-10(14)8-15-17(12)7-6-16(4)5/h8,11,18H,6-7,9H2,1-5H3. The highest BCUT2D eigenvalue weighted by Crippen LogP contribution is 2.24. The number of rotatable bonds is 6. The number of aliphatic hydroxyl groups excluding tert-OH is 1. The van der Waals surface area contributed by atoms with Crippen molar-refractivity contribution in [3.05, 3.63) is 16.9 Å². The smallest absolute Gasteiger partial charge is 0.120 e. The van der Waals surface area contributed by atoms with E-state index in [2.05, 4.69) is 10.00 Å². The molecule has 0 amide bonds. The summed E-state index contributed by atoms with van der Waals surface area (Å²) in [6.07, 6.45) is 0.795. The molecule has 1 heterocycles. The van der Waals surface area contributed by atoms with Crippen molar-refractivity contribution >= 4 is 11.6 Å². The number of likely N-dealkylation sites (N-methyl/N-ethyl adjacent to an activating group) is 1. The van der Waals surface area contributed by atoms with Crippen molar-refractivity contribution in [2.75, 3.05) is 27.2 Å². The van der Waals surface area contributed by atoms with E-state index in [-0.39, 0.29) is 12.2 Å². The lowest BCUT2D eigenvalue weighted by Crippen LogP contribution is -2.25. The zero-order chi connectivity index (χ0) is 14.6. The zero-order valence-electron chi connectivity index (χ0n) is 12.4. The molecule has 1 aromatic rings. The number of ether oxygens (including phenoxy) is 1. The maximum absolute atomic E-state index is 10.2. The minimum Gasteiger partial charge on any atom is -0.384 e. The summed E-state index contributed by atoms with van der Waals surface area (Å²) in [4.78, 5) is 2.05. The third-order valence-electron chi connectivity index (χ3n) is 2.58. The van der Waals surface area contributed by atoms with Gasteiger partial charge in [0, 0.05) is 6.54 Å². The Bertz CT molecular complexity index is 399. The van der Waals surface area contributed by atoms with Gasteiger partial charge in [-0.15, -0.1) is 0 Å². The zero-order valence-corrected chi connectivity index (χ0v) is 13.1. The third kappa shape index (κ3) is 5.48. The van der Waals surface area contributed by atoms with Gasteiger partial charge in [-0.1, -0.05) is 11.6 Å². The second-order valence-electron chi connectivity index (χ2n) is 5.84. The van der Waals surface area contributed by atoms with Gasteiger partial charge in [0.1, 0.15) is 6.10 Å². The van der Waals surface area contributed by atoms with E-state index in [1.807, 2.05) is 34.9 Å². The molecular formula is C13H24ClN3O2. The average Bonchev–Trinajstić information content (AvgIpc) is 2.64. The highest BCUT2D eigenvalue weighted by molar-refractivity contribution is 6.31. The van der Waals surface area contributed by atoms with Gasteiger partial charge in [-0.3, -0.25) is 4.68 Å². The normalized spacial score (nSPS) is 14.1. The molecule has 0 saturated carbocycles. The molecular weight excluding hydrogens is 266 g/mol. The van der Waals surface area contributed by atoms with Gasteiger partial charge < -0.3 is 14.7 Å². The van der Waals surface area contributed by atoms with Gasteiger partial charge in [0.15, 0.2) is 0 Å². The number of halogens is 1. The quantitative estimate of drug-likeness (QED) is 0.870. The Morgan fingerprint density at radius 2 is 2.11 bits per heavy atom. The third-order valence-corrected chi connectivity index (χ3v) is 2.87. The predicted octanol–water partition coefficient (Wildman–Crippen LogP) is 1.95. The van der Waals surface area contributed by atoms with Crippen molar-refractivity contribution in [2.45, 2.75) is 39.0 Å². The van der Waals surface area contributed by atoms with Gasteiger partial charge >= 0.3 is 0 Å². The number of hydrogen-bond donors (Lipinski definition) is 1. The number of aliphatic hydroxyl groups is 1. The molecule has 19 heavy (non-hydrogen) atoms. The fourth-order valence-corrected chi connectivity index (χ4v) is 1.85. The summed E-state index contributed by atoms with van der Waals surface area (Å²) in [5, 5.41) is 14.9. The van der Waals surface area contributed by atoms with E-state index < -0.39 is 6.10 Å². The molecule has 1 unspecified atom stereocenters. The molecule has 0 aliphatic heterocycles. The van der Waals surface area contributed by atoms with E-state index in [0.29, 0.717) is 17.3 Å². The Hall–Kier alpha value is -0.620. The first kappa shape index (κ1) is 16.4. The molecule has 110 valence electrons. The second-order valence-corrected chi connectivity index (χ2v) is 6.25. The lowest BCUT2D eigenvalue weighted by molar-refractivity contribution is -0.0517. The van der Waals surface area contributed by atoms with Crippen LogP contribution in [0.25, 0.3) is 0 Å². The predicted molar refractivity (Wildman–Crippen MR) is 76.5 cm³/mol. The van der Waals surface area contributed by atoms with E-state index >= 15 is 0 Å². The summed E-state index contributed by atoms with van der Waals surface area (Å²) in [7, 11) is 3.98. The van der Waals surface area contributed by atoms with Gasteiger partial charge in [0.25, 0.3) is 0 Å². The maximum atomic E-state index is 10.2. The van der Waals surface area contributed by atoms with Crippen LogP contribution in [-0.2, 0) is 11.3 Å². The lowest BCUT2D eigenvalue weighted by atomic mass is 10.2. The van der Waals surface area contributed by atoms with Crippen molar-refractivity contribution in [3.63, 3.8) is 0 Å². The first-order valence-corrected chi connectivity index (χ1v) is 6.76. The summed E-state index contributed by atoms with van der Waals surface area (Å²) in [5.41, 5.74) is 0.329. The van der Waals surface area contributed by atoms with Crippen molar-refractivity contribution in [3.8, 4) is 0 Å². The van der Waals surface area contributed by atoms with Crippen LogP contribution in [0, 0.1) is 0 Å². The Morgan fingerprint density at radius 3 is 2.63 bits per heavy atom. The van der Waals surface area contributed by atoms with E-state index in [1.54, 1.807) is 10.9 Å². The summed E-state index contributed by atoms with van der Waals surface area (Å²) in [5.74, 6) is 0. The van der Waals surface area contributed by atoms with Crippen molar-refractivity contribution in [2.24, 2.45) is 0 Å². The lowest BCUT2D eigenvalue weighted by Gasteiger charge is -2.22. The first-order valence-electron chi connectivity index (χ1n) is 6.38. The van der Waals surface area contributed by atoms with Crippen molar-refractivity contribution < 1.29 is 9.84 Å². The molecule has 0 radical (unpaired) electrons. The molecule has 6 heteroatoms. The fourth-order valence-electron chi connectivity index (χ4n) is 1.58. The second kappa shape index (κ2) is 6.70. The SMILES string of the molecule is CN(C)CCn1ncc(Cl)c1C(O)COC(C)(C)C. The minimum atomic E-state index is -0.767. The Balaban J connectivity index is 2.72. The van der Waals surface area contributed by atoms with Crippen LogP contribution in [0.5, 0.6) is 0 Å². The van der Waals surface area contributed by atoms with Crippen LogP contribution < -0.4 is 0 Å². The number of nitrogens with zero attached hydrogens (tertiary/aromatic N) is 3. The monoisotopic (exact) mass is 289 g/mol. The number of aromatic nitrogens is 2. The van der Waals surface area contributed by atoms with Crippen LogP contribution in [0.2, 0.25) is 5.02 Å². The van der Waals surface area contributed by atoms with Crippen molar-refractivity contribution in [1.82, 2.24) is 14.7 Å². The summed E-state index contributed by atoms with van der Waals surface area (Å²) < 4.78 is 7.33. The van der Waals surface area contributed by atoms with E-state index in [1.165, 1.54) is 0 Å². The molecule has 0 saturated heterocycles. The molecule has 1 rings (SSSR count). The van der Waals surface area contributed by atoms with Crippen LogP contribution in [0.1, 0.15) is 32.6 Å². The van der Waals surface area contributed by atoms with E-state index in [0.717, 1.165) is 6.54 Å². The molecule has 0 aromatic carbocycles. The topological polar surface area (TPSA) is 50.5 Å². The van der Waals surface area contributed by atoms with E-state index in [4.69, 9.17) is 16.3 Å². The largest absolute Gasteiger partial charge is 0.384 e. The summed E-state index contributed by atoms with van der Waals surface area (Å²) >= 11 is 6.09. The van der Waals surface area contributed by atoms with Gasteiger partial charge in [-0.05, 0) is 34.9 Å². The van der Waals surface area contributed by atoms with Crippen LogP contribution in [0.3, 0.4) is 0 Å². The van der Waals surface area contributed by atoms with Crippen LogP contribution in [0.15, 0.2) is 6.20 Å². The van der Waals surface area contributed by atoms with Crippen LogP contribution in [-0.4, -0.2) is 52.6 Å². The van der Waals surface area contributed by atoms with Gasteiger partial charge in [-0.2, -0.15) is 5.10 Å². The molecule has 0 spiro atoms. The highest BCUT2D eigenvalue weighted by Gasteiger charge is 2.21. The molecule has 0 aliphatic carbocycles. The van der Waals surface area contributed by atoms with Crippen molar-refractivity contribution in [1.29, 1.82) is 0 Å². The molecule has 0 bridgehead atoms. The van der Waals surface area contributed by atoms with Gasteiger partial charge in [0.2, 0.25) is 0 Å². The Labute approximate surface area is 120 Å².